The van der Waals surface area contributed by atoms with E-state index in [-0.39, 0.29) is 17.7 Å². The first kappa shape index (κ1) is 10.1. The summed E-state index contributed by atoms with van der Waals surface area (Å²) in [6.07, 6.45) is -2.75. The second-order valence-electron chi connectivity index (χ2n) is 2.42. The number of carbonyl (C=O) groups is 1. The third-order valence-electron chi connectivity index (χ3n) is 1.55. The summed E-state index contributed by atoms with van der Waals surface area (Å²) < 4.78 is 24.6. The molecular formula is C8H5F2N3O. The van der Waals surface area contributed by atoms with Gasteiger partial charge in [0.2, 0.25) is 0 Å². The smallest absolute Gasteiger partial charge is 0.281 e. The van der Waals surface area contributed by atoms with Crippen LogP contribution in [0.4, 0.5) is 14.6 Å². The molecule has 0 radical (unpaired) electrons. The summed E-state index contributed by atoms with van der Waals surface area (Å²) in [5.41, 5.74) is 3.83. The molecule has 0 aromatic carbocycles. The number of aldehydes is 1. The average molecular weight is 197 g/mol. The van der Waals surface area contributed by atoms with Crippen molar-refractivity contribution < 1.29 is 13.6 Å². The highest BCUT2D eigenvalue weighted by atomic mass is 19.3. The summed E-state index contributed by atoms with van der Waals surface area (Å²) in [6, 6.07) is 2.68. The number of halogens is 2. The number of pyridine rings is 1. The number of hydrogen-bond donors (Lipinski definition) is 1. The van der Waals surface area contributed by atoms with E-state index in [1.54, 1.807) is 6.07 Å². The molecule has 0 aliphatic heterocycles. The predicted octanol–water partition coefficient (Wildman–Crippen LogP) is 1.29. The molecule has 0 saturated carbocycles. The van der Waals surface area contributed by atoms with Crippen molar-refractivity contribution in [1.82, 2.24) is 4.98 Å². The van der Waals surface area contributed by atoms with Crippen molar-refractivity contribution >= 4 is 12.1 Å². The van der Waals surface area contributed by atoms with Gasteiger partial charge in [0.25, 0.3) is 6.43 Å². The topological polar surface area (TPSA) is 79.8 Å². The van der Waals surface area contributed by atoms with Crippen LogP contribution in [0.3, 0.4) is 0 Å². The molecule has 0 atom stereocenters. The fourth-order valence-electron chi connectivity index (χ4n) is 0.978. The van der Waals surface area contributed by atoms with Crippen LogP contribution in [0.25, 0.3) is 0 Å². The summed E-state index contributed by atoms with van der Waals surface area (Å²) in [5, 5.41) is 8.54. The van der Waals surface area contributed by atoms with Crippen molar-refractivity contribution in [2.75, 3.05) is 5.73 Å². The Balaban J connectivity index is 3.49. The molecular weight excluding hydrogens is 192 g/mol. The van der Waals surface area contributed by atoms with E-state index in [9.17, 15) is 13.6 Å². The highest BCUT2D eigenvalue weighted by molar-refractivity contribution is 5.81. The number of nitriles is 1. The fourth-order valence-corrected chi connectivity index (χ4v) is 0.978. The van der Waals surface area contributed by atoms with Crippen LogP contribution in [0.5, 0.6) is 0 Å². The van der Waals surface area contributed by atoms with E-state index in [1.165, 1.54) is 0 Å². The molecule has 0 amide bonds. The first-order chi connectivity index (χ1) is 6.60. The van der Waals surface area contributed by atoms with E-state index in [4.69, 9.17) is 11.0 Å². The number of alkyl halides is 2. The number of rotatable bonds is 2. The molecule has 0 aliphatic carbocycles. The maximum atomic E-state index is 12.3. The fraction of sp³-hybridized carbons (Fsp3) is 0.125. The standard InChI is InChI=1S/C8H5F2N3O/c9-8(10)7-5(3-14)4(2-11)1-6(12)13-7/h1,3,8H,(H2,12,13). The Hall–Kier alpha value is -2.03. The second-order valence-corrected chi connectivity index (χ2v) is 2.42. The van der Waals surface area contributed by atoms with Gasteiger partial charge in [0.15, 0.2) is 6.29 Å². The highest BCUT2D eigenvalue weighted by Crippen LogP contribution is 2.23. The lowest BCUT2D eigenvalue weighted by molar-refractivity contribution is 0.110. The van der Waals surface area contributed by atoms with Gasteiger partial charge in [-0.1, -0.05) is 0 Å². The Kier molecular flexibility index (Phi) is 2.72. The molecule has 4 nitrogen and oxygen atoms in total. The van der Waals surface area contributed by atoms with Gasteiger partial charge < -0.3 is 5.73 Å². The van der Waals surface area contributed by atoms with Crippen molar-refractivity contribution in [2.45, 2.75) is 6.43 Å². The van der Waals surface area contributed by atoms with Gasteiger partial charge in [-0.3, -0.25) is 4.79 Å². The molecule has 1 aromatic heterocycles. The quantitative estimate of drug-likeness (QED) is 0.724. The first-order valence-corrected chi connectivity index (χ1v) is 3.54. The number of carbonyl (C=O) groups excluding carboxylic acids is 1. The lowest BCUT2D eigenvalue weighted by atomic mass is 10.1. The van der Waals surface area contributed by atoms with E-state index in [0.29, 0.717) is 0 Å². The lowest BCUT2D eigenvalue weighted by Crippen LogP contribution is -2.04. The average Bonchev–Trinajstić information content (AvgIpc) is 2.16. The zero-order chi connectivity index (χ0) is 10.7. The summed E-state index contributed by atoms with van der Waals surface area (Å²) >= 11 is 0. The molecule has 2 N–H and O–H groups in total. The van der Waals surface area contributed by atoms with Crippen LogP contribution in [0.15, 0.2) is 6.07 Å². The normalized spacial score (nSPS) is 9.86. The zero-order valence-electron chi connectivity index (χ0n) is 6.87. The summed E-state index contributed by atoms with van der Waals surface area (Å²) in [4.78, 5) is 13.8. The Bertz CT molecular complexity index is 412. The van der Waals surface area contributed by atoms with E-state index < -0.39 is 17.7 Å². The minimum atomic E-state index is -2.93. The Morgan fingerprint density at radius 3 is 2.71 bits per heavy atom. The van der Waals surface area contributed by atoms with Crippen molar-refractivity contribution in [3.63, 3.8) is 0 Å². The van der Waals surface area contributed by atoms with Crippen LogP contribution in [0.2, 0.25) is 0 Å². The third-order valence-corrected chi connectivity index (χ3v) is 1.55. The van der Waals surface area contributed by atoms with Gasteiger partial charge in [-0.2, -0.15) is 5.26 Å². The van der Waals surface area contributed by atoms with Crippen molar-refractivity contribution in [3.8, 4) is 6.07 Å². The summed E-state index contributed by atoms with van der Waals surface area (Å²) in [7, 11) is 0. The van der Waals surface area contributed by atoms with Crippen LogP contribution < -0.4 is 5.73 Å². The van der Waals surface area contributed by atoms with Crippen molar-refractivity contribution in [1.29, 1.82) is 5.26 Å². The van der Waals surface area contributed by atoms with Gasteiger partial charge in [0.05, 0.1) is 11.1 Å². The van der Waals surface area contributed by atoms with Crippen molar-refractivity contribution in [3.05, 3.63) is 22.9 Å². The monoisotopic (exact) mass is 197 g/mol. The zero-order valence-corrected chi connectivity index (χ0v) is 6.87. The summed E-state index contributed by atoms with van der Waals surface area (Å²) in [5.74, 6) is -0.206. The van der Waals surface area contributed by atoms with Gasteiger partial charge in [-0.15, -0.1) is 0 Å². The lowest BCUT2D eigenvalue weighted by Gasteiger charge is -2.05. The summed E-state index contributed by atoms with van der Waals surface area (Å²) in [6.45, 7) is 0. The van der Waals surface area contributed by atoms with Gasteiger partial charge in [0, 0.05) is 0 Å². The molecule has 0 bridgehead atoms. The van der Waals surface area contributed by atoms with Crippen LogP contribution in [-0.2, 0) is 0 Å². The van der Waals surface area contributed by atoms with E-state index >= 15 is 0 Å². The molecule has 0 saturated heterocycles. The predicted molar refractivity (Wildman–Crippen MR) is 43.7 cm³/mol. The van der Waals surface area contributed by atoms with Gasteiger partial charge in [0.1, 0.15) is 17.6 Å². The maximum absolute atomic E-state index is 12.3. The molecule has 1 heterocycles. The molecule has 1 aromatic rings. The SMILES string of the molecule is N#Cc1cc(N)nc(C(F)F)c1C=O. The second kappa shape index (κ2) is 3.79. The number of nitrogens with two attached hydrogens (primary N) is 1. The van der Waals surface area contributed by atoms with E-state index in [0.717, 1.165) is 6.07 Å². The van der Waals surface area contributed by atoms with Crippen LogP contribution in [0, 0.1) is 11.3 Å². The minimum absolute atomic E-state index is 0.173. The molecule has 0 spiro atoms. The van der Waals surface area contributed by atoms with Gasteiger partial charge in [-0.25, -0.2) is 13.8 Å². The third kappa shape index (κ3) is 1.66. The molecule has 72 valence electrons. The molecule has 14 heavy (non-hydrogen) atoms. The van der Waals surface area contributed by atoms with Crippen LogP contribution >= 0.6 is 0 Å². The van der Waals surface area contributed by atoms with Gasteiger partial charge in [-0.05, 0) is 6.07 Å². The number of anilines is 1. The highest BCUT2D eigenvalue weighted by Gasteiger charge is 2.18. The minimum Gasteiger partial charge on any atom is -0.384 e. The molecule has 0 fully saturated rings. The Labute approximate surface area is 78.0 Å². The van der Waals surface area contributed by atoms with Crippen molar-refractivity contribution in [2.24, 2.45) is 0 Å². The maximum Gasteiger partial charge on any atom is 0.281 e. The largest absolute Gasteiger partial charge is 0.384 e. The van der Waals surface area contributed by atoms with E-state index in [2.05, 4.69) is 4.98 Å². The van der Waals surface area contributed by atoms with E-state index in [1.807, 2.05) is 0 Å². The molecule has 6 heteroatoms. The molecule has 0 unspecified atom stereocenters. The number of nitrogen functional groups attached to an aromatic ring is 1. The number of aromatic nitrogens is 1. The van der Waals surface area contributed by atoms with Gasteiger partial charge >= 0.3 is 0 Å². The molecule has 1 rings (SSSR count). The number of hydrogen-bond acceptors (Lipinski definition) is 4. The molecule has 0 aliphatic rings. The first-order valence-electron chi connectivity index (χ1n) is 3.54. The Morgan fingerprint density at radius 2 is 2.29 bits per heavy atom. The van der Waals surface area contributed by atoms with Crippen LogP contribution in [-0.4, -0.2) is 11.3 Å². The van der Waals surface area contributed by atoms with Crippen LogP contribution in [0.1, 0.15) is 28.0 Å². The Morgan fingerprint density at radius 1 is 1.64 bits per heavy atom. The number of nitrogens with zero attached hydrogens (tertiary/aromatic N) is 2.